The van der Waals surface area contributed by atoms with E-state index in [2.05, 4.69) is 5.10 Å². The molecule has 0 unspecified atom stereocenters. The fraction of sp³-hybridized carbons (Fsp3) is 0.280. The molecule has 3 atom stereocenters. The smallest absolute Gasteiger partial charge is 0.347 e. The largest absolute Gasteiger partial charge is 0.497 e. The Kier molecular flexibility index (Phi) is 5.31. The number of imide groups is 1. The topological polar surface area (TPSA) is 106 Å². The number of nitrogens with one attached hydrogen (secondary N) is 1. The zero-order valence-corrected chi connectivity index (χ0v) is 18.8. The standard InChI is InChI=1S/C25H24N4O5/c1-15-12-19-20(23(31)28(22(19)30)17-8-10-18(34-2)11-9-17)13-21(15)29-25(33)27(24(32)26-29)14-16-6-4-3-5-7-16/h3-12,19-21H,13-14H2,1-2H3,(H,26,32)/t19-,20-,21-/m0/s1. The maximum atomic E-state index is 13.3. The first-order chi connectivity index (χ1) is 16.4. The molecule has 0 spiro atoms. The summed E-state index contributed by atoms with van der Waals surface area (Å²) in [5.41, 5.74) is 1.07. The Morgan fingerprint density at radius 3 is 2.35 bits per heavy atom. The van der Waals surface area contributed by atoms with E-state index in [1.165, 1.54) is 9.58 Å². The van der Waals surface area contributed by atoms with E-state index in [4.69, 9.17) is 4.74 Å². The van der Waals surface area contributed by atoms with Gasteiger partial charge in [-0.25, -0.2) is 28.8 Å². The molecular weight excluding hydrogens is 436 g/mol. The highest BCUT2D eigenvalue weighted by Gasteiger charge is 2.50. The van der Waals surface area contributed by atoms with Crippen molar-refractivity contribution < 1.29 is 14.3 Å². The van der Waals surface area contributed by atoms with Crippen molar-refractivity contribution in [1.29, 1.82) is 0 Å². The van der Waals surface area contributed by atoms with Gasteiger partial charge in [0.2, 0.25) is 11.8 Å². The number of carbonyl (C=O) groups is 2. The summed E-state index contributed by atoms with van der Waals surface area (Å²) in [5.74, 6) is -1.19. The van der Waals surface area contributed by atoms with E-state index in [1.54, 1.807) is 37.5 Å². The molecule has 1 aliphatic carbocycles. The highest BCUT2D eigenvalue weighted by molar-refractivity contribution is 6.22. The number of aromatic nitrogens is 3. The van der Waals surface area contributed by atoms with Gasteiger partial charge in [-0.2, -0.15) is 0 Å². The molecular formula is C25H24N4O5. The van der Waals surface area contributed by atoms with Gasteiger partial charge in [0, 0.05) is 0 Å². The Balaban J connectivity index is 1.45. The van der Waals surface area contributed by atoms with Crippen LogP contribution in [0.1, 0.15) is 24.9 Å². The Morgan fingerprint density at radius 1 is 0.971 bits per heavy atom. The predicted molar refractivity (Wildman–Crippen MR) is 125 cm³/mol. The van der Waals surface area contributed by atoms with E-state index >= 15 is 0 Å². The van der Waals surface area contributed by atoms with Crippen LogP contribution in [0, 0.1) is 11.8 Å². The van der Waals surface area contributed by atoms with Crippen molar-refractivity contribution in [3.05, 3.63) is 92.8 Å². The van der Waals surface area contributed by atoms with Gasteiger partial charge in [0.25, 0.3) is 0 Å². The van der Waals surface area contributed by atoms with Crippen molar-refractivity contribution in [2.45, 2.75) is 25.9 Å². The SMILES string of the molecule is COc1ccc(N2C(=O)[C@H]3C=C(C)[C@@H](n4[nH]c(=O)n(Cc5ccccc5)c4=O)C[C@@H]3C2=O)cc1. The molecule has 9 heteroatoms. The van der Waals surface area contributed by atoms with E-state index in [0.717, 1.165) is 15.7 Å². The second-order valence-electron chi connectivity index (χ2n) is 8.65. The number of methoxy groups -OCH3 is 1. The Morgan fingerprint density at radius 2 is 1.68 bits per heavy atom. The van der Waals surface area contributed by atoms with E-state index in [9.17, 15) is 19.2 Å². The van der Waals surface area contributed by atoms with Crippen LogP contribution in [-0.4, -0.2) is 33.3 Å². The van der Waals surface area contributed by atoms with Crippen LogP contribution in [0.2, 0.25) is 0 Å². The van der Waals surface area contributed by atoms with Crippen molar-refractivity contribution in [2.75, 3.05) is 12.0 Å². The number of fused-ring (bicyclic) bond motifs is 1. The minimum atomic E-state index is -0.615. The van der Waals surface area contributed by atoms with Crippen molar-refractivity contribution >= 4 is 17.5 Å². The molecule has 174 valence electrons. The van der Waals surface area contributed by atoms with Crippen molar-refractivity contribution in [3.63, 3.8) is 0 Å². The molecule has 34 heavy (non-hydrogen) atoms. The van der Waals surface area contributed by atoms with Crippen LogP contribution in [0.15, 0.2) is 75.8 Å². The van der Waals surface area contributed by atoms with E-state index in [1.807, 2.05) is 37.3 Å². The number of aromatic amines is 1. The number of carbonyl (C=O) groups excluding carboxylic acids is 2. The van der Waals surface area contributed by atoms with Gasteiger partial charge < -0.3 is 4.74 Å². The summed E-state index contributed by atoms with van der Waals surface area (Å²) in [5, 5.41) is 2.64. The van der Waals surface area contributed by atoms with Gasteiger partial charge in [-0.3, -0.25) is 9.59 Å². The third-order valence-corrected chi connectivity index (χ3v) is 6.65. The number of ether oxygens (including phenoxy) is 1. The zero-order chi connectivity index (χ0) is 24.0. The molecule has 0 bridgehead atoms. The molecule has 2 aliphatic rings. The summed E-state index contributed by atoms with van der Waals surface area (Å²) in [6, 6.07) is 15.5. The fourth-order valence-electron chi connectivity index (χ4n) is 4.84. The quantitative estimate of drug-likeness (QED) is 0.464. The number of anilines is 1. The summed E-state index contributed by atoms with van der Waals surface area (Å²) in [4.78, 5) is 53.3. The number of amides is 2. The number of H-pyrrole nitrogens is 1. The molecule has 1 aliphatic heterocycles. The van der Waals surface area contributed by atoms with Crippen molar-refractivity contribution in [2.24, 2.45) is 11.8 Å². The van der Waals surface area contributed by atoms with Gasteiger partial charge in [-0.1, -0.05) is 42.0 Å². The first-order valence-corrected chi connectivity index (χ1v) is 11.0. The summed E-state index contributed by atoms with van der Waals surface area (Å²) >= 11 is 0. The molecule has 2 heterocycles. The lowest BCUT2D eigenvalue weighted by atomic mass is 9.80. The third kappa shape index (κ3) is 3.49. The number of allylic oxidation sites excluding steroid dienone is 1. The van der Waals surface area contributed by atoms with Gasteiger partial charge in [-0.05, 0) is 43.2 Å². The van der Waals surface area contributed by atoms with Crippen LogP contribution in [0.5, 0.6) is 5.75 Å². The number of benzene rings is 2. The Labute approximate surface area is 194 Å². The van der Waals surface area contributed by atoms with Crippen LogP contribution < -0.4 is 21.0 Å². The molecule has 3 aromatic rings. The minimum absolute atomic E-state index is 0.145. The number of hydrogen-bond acceptors (Lipinski definition) is 5. The molecule has 1 N–H and O–H groups in total. The molecule has 5 rings (SSSR count). The average molecular weight is 460 g/mol. The minimum Gasteiger partial charge on any atom is -0.497 e. The van der Waals surface area contributed by atoms with Gasteiger partial charge in [-0.15, -0.1) is 0 Å². The Bertz CT molecular complexity index is 1400. The van der Waals surface area contributed by atoms with E-state index < -0.39 is 29.3 Å². The van der Waals surface area contributed by atoms with Crippen LogP contribution >= 0.6 is 0 Å². The lowest BCUT2D eigenvalue weighted by Gasteiger charge is -2.27. The average Bonchev–Trinajstić information content (AvgIpc) is 3.26. The first kappa shape index (κ1) is 21.7. The van der Waals surface area contributed by atoms with Crippen molar-refractivity contribution in [1.82, 2.24) is 14.3 Å². The summed E-state index contributed by atoms with van der Waals surface area (Å²) in [6.07, 6.45) is 2.00. The summed E-state index contributed by atoms with van der Waals surface area (Å²) in [6.45, 7) is 1.96. The second-order valence-corrected chi connectivity index (χ2v) is 8.65. The molecule has 1 fully saturated rings. The third-order valence-electron chi connectivity index (χ3n) is 6.65. The normalized spacial score (nSPS) is 22.0. The lowest BCUT2D eigenvalue weighted by Crippen LogP contribution is -2.35. The van der Waals surface area contributed by atoms with Crippen LogP contribution in [-0.2, 0) is 16.1 Å². The van der Waals surface area contributed by atoms with Crippen LogP contribution in [0.25, 0.3) is 0 Å². The highest BCUT2D eigenvalue weighted by atomic mass is 16.5. The maximum Gasteiger partial charge on any atom is 0.347 e. The van der Waals surface area contributed by atoms with E-state index in [0.29, 0.717) is 11.4 Å². The molecule has 0 radical (unpaired) electrons. The summed E-state index contributed by atoms with van der Waals surface area (Å²) < 4.78 is 7.57. The van der Waals surface area contributed by atoms with Gasteiger partial charge in [0.15, 0.2) is 0 Å². The molecule has 1 saturated heterocycles. The predicted octanol–water partition coefficient (Wildman–Crippen LogP) is 2.09. The molecule has 0 saturated carbocycles. The summed E-state index contributed by atoms with van der Waals surface area (Å²) in [7, 11) is 1.54. The zero-order valence-electron chi connectivity index (χ0n) is 18.8. The molecule has 2 aromatic carbocycles. The molecule has 2 amide bonds. The number of rotatable bonds is 5. The van der Waals surface area contributed by atoms with E-state index in [-0.39, 0.29) is 24.8 Å². The van der Waals surface area contributed by atoms with Gasteiger partial charge in [0.1, 0.15) is 5.75 Å². The lowest BCUT2D eigenvalue weighted by molar-refractivity contribution is -0.122. The Hall–Kier alpha value is -4.14. The molecule has 1 aromatic heterocycles. The van der Waals surface area contributed by atoms with Gasteiger partial charge >= 0.3 is 11.4 Å². The first-order valence-electron chi connectivity index (χ1n) is 11.0. The second kappa shape index (κ2) is 8.33. The highest BCUT2D eigenvalue weighted by Crippen LogP contribution is 2.42. The fourth-order valence-corrected chi connectivity index (χ4v) is 4.84. The van der Waals surface area contributed by atoms with Crippen LogP contribution in [0.3, 0.4) is 0 Å². The van der Waals surface area contributed by atoms with Crippen LogP contribution in [0.4, 0.5) is 5.69 Å². The number of nitrogens with zero attached hydrogens (tertiary/aromatic N) is 3. The van der Waals surface area contributed by atoms with Gasteiger partial charge in [0.05, 0.1) is 37.2 Å². The number of hydrogen-bond donors (Lipinski definition) is 1. The monoisotopic (exact) mass is 460 g/mol. The van der Waals surface area contributed by atoms with Crippen molar-refractivity contribution in [3.8, 4) is 5.75 Å². The molecule has 9 nitrogen and oxygen atoms in total. The maximum absolute atomic E-state index is 13.3.